The minimum Gasteiger partial charge on any atom is -0.360 e. The van der Waals surface area contributed by atoms with E-state index in [1.807, 2.05) is 12.4 Å². The number of nitrogens with one attached hydrogen (secondary N) is 1. The van der Waals surface area contributed by atoms with Crippen LogP contribution in [-0.2, 0) is 13.0 Å². The van der Waals surface area contributed by atoms with Crippen LogP contribution in [0.4, 0.5) is 10.6 Å². The Hall–Kier alpha value is -2.31. The van der Waals surface area contributed by atoms with Crippen molar-refractivity contribution in [3.63, 3.8) is 0 Å². The van der Waals surface area contributed by atoms with Gasteiger partial charge in [0.25, 0.3) is 0 Å². The third-order valence-corrected chi connectivity index (χ3v) is 3.79. The molecular weight excluding hydrogens is 270 g/mol. The molecule has 3 heterocycles. The van der Waals surface area contributed by atoms with E-state index in [1.165, 1.54) is 0 Å². The van der Waals surface area contributed by atoms with Gasteiger partial charge in [0.2, 0.25) is 0 Å². The van der Waals surface area contributed by atoms with E-state index in [0.717, 1.165) is 25.2 Å². The Kier molecular flexibility index (Phi) is 3.64. The zero-order valence-corrected chi connectivity index (χ0v) is 12.2. The fraction of sp³-hybridized carbons (Fsp3) is 0.500. The number of amides is 2. The molecule has 2 aromatic rings. The number of rotatable bonds is 3. The molecule has 0 aromatic carbocycles. The Balaban J connectivity index is 1.54. The normalized spacial score (nSPS) is 17.3. The maximum Gasteiger partial charge on any atom is 0.322 e. The number of carbonyl (C=O) groups is 1. The number of aromatic nitrogens is 3. The van der Waals surface area contributed by atoms with Crippen LogP contribution < -0.4 is 5.32 Å². The summed E-state index contributed by atoms with van der Waals surface area (Å²) in [7, 11) is 1.79. The second kappa shape index (κ2) is 5.59. The Bertz CT molecular complexity index is 633. The van der Waals surface area contributed by atoms with E-state index < -0.39 is 0 Å². The molecule has 21 heavy (non-hydrogen) atoms. The largest absolute Gasteiger partial charge is 0.360 e. The lowest BCUT2D eigenvalue weighted by molar-refractivity contribution is 0.207. The number of hydrogen-bond acceptors (Lipinski definition) is 4. The number of fused-ring (bicyclic) bond motifs is 1. The third-order valence-electron chi connectivity index (χ3n) is 3.79. The lowest BCUT2D eigenvalue weighted by Gasteiger charge is -2.27. The first-order valence-electron chi connectivity index (χ1n) is 7.07. The number of nitrogens with zero attached hydrogens (tertiary/aromatic N) is 4. The average Bonchev–Trinajstić information content (AvgIpc) is 3.07. The lowest BCUT2D eigenvalue weighted by Crippen LogP contribution is -2.37. The van der Waals surface area contributed by atoms with Crippen LogP contribution in [0.2, 0.25) is 0 Å². The molecule has 1 atom stereocenters. The fourth-order valence-corrected chi connectivity index (χ4v) is 2.67. The minimum atomic E-state index is -0.169. The molecule has 2 amide bonds. The van der Waals surface area contributed by atoms with Crippen LogP contribution >= 0.6 is 0 Å². The maximum atomic E-state index is 12.1. The van der Waals surface area contributed by atoms with Crippen molar-refractivity contribution in [3.8, 4) is 0 Å². The van der Waals surface area contributed by atoms with E-state index in [1.54, 1.807) is 24.9 Å². The second-order valence-corrected chi connectivity index (χ2v) is 5.53. The van der Waals surface area contributed by atoms with Crippen molar-refractivity contribution in [1.29, 1.82) is 0 Å². The van der Waals surface area contributed by atoms with E-state index in [9.17, 15) is 4.79 Å². The molecule has 1 aliphatic rings. The molecule has 7 nitrogen and oxygen atoms in total. The Morgan fingerprint density at radius 2 is 2.48 bits per heavy atom. The van der Waals surface area contributed by atoms with Crippen molar-refractivity contribution in [3.05, 3.63) is 30.0 Å². The van der Waals surface area contributed by atoms with Crippen LogP contribution in [0, 0.1) is 12.8 Å². The van der Waals surface area contributed by atoms with Gasteiger partial charge < -0.3 is 14.0 Å². The highest BCUT2D eigenvalue weighted by Gasteiger charge is 2.22. The summed E-state index contributed by atoms with van der Waals surface area (Å²) < 4.78 is 7.11. The molecule has 0 fully saturated rings. The van der Waals surface area contributed by atoms with Gasteiger partial charge in [-0.3, -0.25) is 5.32 Å². The van der Waals surface area contributed by atoms with Crippen molar-refractivity contribution in [1.82, 2.24) is 19.6 Å². The number of anilines is 1. The zero-order valence-electron chi connectivity index (χ0n) is 12.2. The standard InChI is InChI=1S/C14H19N5O2/c1-10-7-12(17-21-10)16-14(20)18(2)9-11-3-5-19-6-4-15-13(19)8-11/h4,6-7,11H,3,5,8-9H2,1-2H3,(H,16,17,20). The summed E-state index contributed by atoms with van der Waals surface area (Å²) in [6.45, 7) is 3.46. The zero-order chi connectivity index (χ0) is 14.8. The monoisotopic (exact) mass is 289 g/mol. The van der Waals surface area contributed by atoms with Crippen LogP contribution in [0.5, 0.6) is 0 Å². The Morgan fingerprint density at radius 3 is 3.24 bits per heavy atom. The Morgan fingerprint density at radius 1 is 1.62 bits per heavy atom. The molecule has 1 unspecified atom stereocenters. The molecule has 1 aliphatic heterocycles. The summed E-state index contributed by atoms with van der Waals surface area (Å²) in [4.78, 5) is 18.1. The van der Waals surface area contributed by atoms with Gasteiger partial charge in [0.15, 0.2) is 5.82 Å². The first-order chi connectivity index (χ1) is 10.1. The molecule has 3 rings (SSSR count). The molecule has 1 N–H and O–H groups in total. The van der Waals surface area contributed by atoms with Crippen molar-refractivity contribution in [2.24, 2.45) is 5.92 Å². The van der Waals surface area contributed by atoms with E-state index in [4.69, 9.17) is 4.52 Å². The number of hydrogen-bond donors (Lipinski definition) is 1. The van der Waals surface area contributed by atoms with E-state index >= 15 is 0 Å². The SMILES string of the molecule is Cc1cc(NC(=O)N(C)CC2CCn3ccnc3C2)no1. The highest BCUT2D eigenvalue weighted by molar-refractivity contribution is 5.88. The lowest BCUT2D eigenvalue weighted by atomic mass is 9.97. The Labute approximate surface area is 122 Å². The van der Waals surface area contributed by atoms with Gasteiger partial charge >= 0.3 is 6.03 Å². The quantitative estimate of drug-likeness (QED) is 0.936. The first-order valence-corrected chi connectivity index (χ1v) is 7.07. The summed E-state index contributed by atoms with van der Waals surface area (Å²) in [6.07, 6.45) is 5.81. The smallest absolute Gasteiger partial charge is 0.322 e. The predicted octanol–water partition coefficient (Wildman–Crippen LogP) is 1.91. The van der Waals surface area contributed by atoms with Crippen LogP contribution in [-0.4, -0.2) is 39.2 Å². The summed E-state index contributed by atoms with van der Waals surface area (Å²) in [6, 6.07) is 1.53. The highest BCUT2D eigenvalue weighted by atomic mass is 16.5. The molecular formula is C14H19N5O2. The molecule has 0 bridgehead atoms. The van der Waals surface area contributed by atoms with Gasteiger partial charge in [-0.05, 0) is 19.3 Å². The predicted molar refractivity (Wildman–Crippen MR) is 76.9 cm³/mol. The summed E-state index contributed by atoms with van der Waals surface area (Å²) in [5, 5.41) is 6.49. The van der Waals surface area contributed by atoms with Gasteiger partial charge in [-0.1, -0.05) is 5.16 Å². The van der Waals surface area contributed by atoms with Crippen molar-refractivity contribution < 1.29 is 9.32 Å². The summed E-state index contributed by atoms with van der Waals surface area (Å²) in [5.74, 6) is 2.66. The minimum absolute atomic E-state index is 0.169. The van der Waals surface area contributed by atoms with Gasteiger partial charge in [0.1, 0.15) is 11.6 Å². The average molecular weight is 289 g/mol. The van der Waals surface area contributed by atoms with E-state index in [-0.39, 0.29) is 6.03 Å². The van der Waals surface area contributed by atoms with Crippen LogP contribution in [0.25, 0.3) is 0 Å². The molecule has 0 radical (unpaired) electrons. The molecule has 7 heteroatoms. The molecule has 0 spiro atoms. The number of carbonyl (C=O) groups excluding carboxylic acids is 1. The topological polar surface area (TPSA) is 76.2 Å². The van der Waals surface area contributed by atoms with Gasteiger partial charge in [0, 0.05) is 45.0 Å². The summed E-state index contributed by atoms with van der Waals surface area (Å²) in [5.41, 5.74) is 0. The number of imidazole rings is 1. The molecule has 0 saturated carbocycles. The molecule has 0 saturated heterocycles. The van der Waals surface area contributed by atoms with Gasteiger partial charge in [-0.2, -0.15) is 0 Å². The fourth-order valence-electron chi connectivity index (χ4n) is 2.67. The molecule has 112 valence electrons. The highest BCUT2D eigenvalue weighted by Crippen LogP contribution is 2.20. The third kappa shape index (κ3) is 3.07. The van der Waals surface area contributed by atoms with Gasteiger partial charge in [-0.15, -0.1) is 0 Å². The number of urea groups is 1. The van der Waals surface area contributed by atoms with Gasteiger partial charge in [0.05, 0.1) is 0 Å². The van der Waals surface area contributed by atoms with Gasteiger partial charge in [-0.25, -0.2) is 9.78 Å². The van der Waals surface area contributed by atoms with Crippen LogP contribution in [0.15, 0.2) is 23.0 Å². The molecule has 0 aliphatic carbocycles. The van der Waals surface area contributed by atoms with Crippen molar-refractivity contribution >= 4 is 11.8 Å². The van der Waals surface area contributed by atoms with Crippen LogP contribution in [0.1, 0.15) is 18.0 Å². The van der Waals surface area contributed by atoms with Crippen molar-refractivity contribution in [2.45, 2.75) is 26.3 Å². The maximum absolute atomic E-state index is 12.1. The van der Waals surface area contributed by atoms with E-state index in [0.29, 0.717) is 24.0 Å². The number of aryl methyl sites for hydroxylation is 2. The first kappa shape index (κ1) is 13.7. The second-order valence-electron chi connectivity index (χ2n) is 5.53. The van der Waals surface area contributed by atoms with Crippen molar-refractivity contribution in [2.75, 3.05) is 18.9 Å². The molecule has 2 aromatic heterocycles. The van der Waals surface area contributed by atoms with Crippen LogP contribution in [0.3, 0.4) is 0 Å². The van der Waals surface area contributed by atoms with E-state index in [2.05, 4.69) is 20.0 Å². The summed E-state index contributed by atoms with van der Waals surface area (Å²) >= 11 is 0.